The summed E-state index contributed by atoms with van der Waals surface area (Å²) in [4.78, 5) is 29.5. The largest absolute Gasteiger partial charge is 0.488 e. The number of carbonyl (C=O) groups is 2. The number of carbonyl (C=O) groups excluding carboxylic acids is 2. The summed E-state index contributed by atoms with van der Waals surface area (Å²) in [6, 6.07) is 11.0. The zero-order valence-corrected chi connectivity index (χ0v) is 16.8. The number of amides is 2. The molecule has 154 valence electrons. The van der Waals surface area contributed by atoms with E-state index < -0.39 is 5.91 Å². The second-order valence-electron chi connectivity index (χ2n) is 7.48. The van der Waals surface area contributed by atoms with Crippen molar-refractivity contribution in [3.63, 3.8) is 0 Å². The molecule has 1 aromatic carbocycles. The van der Waals surface area contributed by atoms with Gasteiger partial charge >= 0.3 is 0 Å². The quantitative estimate of drug-likeness (QED) is 0.775. The van der Waals surface area contributed by atoms with Crippen molar-refractivity contribution >= 4 is 11.8 Å². The van der Waals surface area contributed by atoms with Gasteiger partial charge in [0.05, 0.1) is 6.54 Å². The van der Waals surface area contributed by atoms with Crippen LogP contribution in [0.4, 0.5) is 0 Å². The maximum absolute atomic E-state index is 12.6. The number of rotatable bonds is 7. The van der Waals surface area contributed by atoms with Gasteiger partial charge in [-0.25, -0.2) is 0 Å². The number of hydrogen-bond acceptors (Lipinski definition) is 5. The van der Waals surface area contributed by atoms with Gasteiger partial charge in [-0.3, -0.25) is 14.6 Å². The third-order valence-corrected chi connectivity index (χ3v) is 4.93. The van der Waals surface area contributed by atoms with Crippen LogP contribution in [0.3, 0.4) is 0 Å². The molecule has 1 aliphatic rings. The Kier molecular flexibility index (Phi) is 6.69. The molecule has 1 fully saturated rings. The highest BCUT2D eigenvalue weighted by molar-refractivity contribution is 5.91. The molecule has 1 unspecified atom stereocenters. The van der Waals surface area contributed by atoms with Crippen LogP contribution >= 0.6 is 0 Å². The van der Waals surface area contributed by atoms with E-state index in [1.165, 1.54) is 17.8 Å². The minimum absolute atomic E-state index is 0.00513. The fraction of sp³-hybridized carbons (Fsp3) is 0.409. The minimum atomic E-state index is -0.602. The van der Waals surface area contributed by atoms with Gasteiger partial charge in [-0.05, 0) is 42.5 Å². The van der Waals surface area contributed by atoms with Gasteiger partial charge in [0.15, 0.2) is 6.61 Å². The van der Waals surface area contributed by atoms with E-state index >= 15 is 0 Å². The molecular formula is C22H27N3O4. The van der Waals surface area contributed by atoms with Gasteiger partial charge in [-0.2, -0.15) is 0 Å². The van der Waals surface area contributed by atoms with E-state index in [4.69, 9.17) is 15.2 Å². The molecule has 1 aromatic heterocycles. The molecule has 0 saturated carbocycles. The van der Waals surface area contributed by atoms with Crippen molar-refractivity contribution < 1.29 is 19.1 Å². The number of nitrogens with two attached hydrogens (primary N) is 1. The molecule has 2 N–H and O–H groups in total. The Hall–Kier alpha value is -3.09. The van der Waals surface area contributed by atoms with Crippen molar-refractivity contribution in [1.29, 1.82) is 0 Å². The summed E-state index contributed by atoms with van der Waals surface area (Å²) >= 11 is 0. The molecule has 0 radical (unpaired) electrons. The topological polar surface area (TPSA) is 94.8 Å². The molecule has 7 heteroatoms. The van der Waals surface area contributed by atoms with Gasteiger partial charge in [0.1, 0.15) is 23.3 Å². The Morgan fingerprint density at radius 1 is 1.21 bits per heavy atom. The van der Waals surface area contributed by atoms with Crippen LogP contribution in [-0.4, -0.2) is 47.5 Å². The Morgan fingerprint density at radius 3 is 2.66 bits per heavy atom. The maximum Gasteiger partial charge on any atom is 0.267 e. The number of hydrogen-bond donors (Lipinski definition) is 1. The first kappa shape index (κ1) is 20.6. The standard InChI is InChI=1S/C22H27N3O4/c1-15(2)16-5-7-17(8-6-16)28-14-21(26)25-11-3-4-19(13-25)29-18-9-10-24-20(12-18)22(23)27/h5-10,12,15,19H,3-4,11,13-14H2,1-2H3,(H2,23,27). The van der Waals surface area contributed by atoms with Crippen LogP contribution in [0.5, 0.6) is 11.5 Å². The summed E-state index contributed by atoms with van der Waals surface area (Å²) < 4.78 is 11.6. The second kappa shape index (κ2) is 9.41. The molecule has 1 atom stereocenters. The number of aromatic nitrogens is 1. The van der Waals surface area contributed by atoms with Crippen LogP contribution in [0.25, 0.3) is 0 Å². The highest BCUT2D eigenvalue weighted by Crippen LogP contribution is 2.20. The van der Waals surface area contributed by atoms with Crippen LogP contribution < -0.4 is 15.2 Å². The van der Waals surface area contributed by atoms with Crippen molar-refractivity contribution in [2.24, 2.45) is 5.73 Å². The zero-order chi connectivity index (χ0) is 20.8. The van der Waals surface area contributed by atoms with Gasteiger partial charge in [0.2, 0.25) is 0 Å². The van der Waals surface area contributed by atoms with Crippen molar-refractivity contribution in [2.45, 2.75) is 38.7 Å². The number of ether oxygens (including phenoxy) is 2. The smallest absolute Gasteiger partial charge is 0.267 e. The van der Waals surface area contributed by atoms with Gasteiger partial charge in [0, 0.05) is 18.8 Å². The summed E-state index contributed by atoms with van der Waals surface area (Å²) in [5.74, 6) is 0.988. The van der Waals surface area contributed by atoms with Crippen LogP contribution in [0.2, 0.25) is 0 Å². The fourth-order valence-corrected chi connectivity index (χ4v) is 3.26. The van der Waals surface area contributed by atoms with E-state index in [0.29, 0.717) is 30.5 Å². The lowest BCUT2D eigenvalue weighted by atomic mass is 10.0. The summed E-state index contributed by atoms with van der Waals surface area (Å²) in [6.45, 7) is 5.42. The van der Waals surface area contributed by atoms with Gasteiger partial charge in [0.25, 0.3) is 11.8 Å². The SMILES string of the molecule is CC(C)c1ccc(OCC(=O)N2CCCC(Oc3ccnc(C(N)=O)c3)C2)cc1. The first-order valence-corrected chi connectivity index (χ1v) is 9.85. The van der Waals surface area contributed by atoms with E-state index in [0.717, 1.165) is 12.8 Å². The number of nitrogens with zero attached hydrogens (tertiary/aromatic N) is 2. The highest BCUT2D eigenvalue weighted by atomic mass is 16.5. The second-order valence-corrected chi connectivity index (χ2v) is 7.48. The van der Waals surface area contributed by atoms with Crippen LogP contribution in [-0.2, 0) is 4.79 Å². The minimum Gasteiger partial charge on any atom is -0.488 e. The molecule has 1 saturated heterocycles. The number of likely N-dealkylation sites (tertiary alicyclic amines) is 1. The average Bonchev–Trinajstić information content (AvgIpc) is 2.72. The molecule has 2 heterocycles. The highest BCUT2D eigenvalue weighted by Gasteiger charge is 2.25. The molecule has 3 rings (SSSR count). The first-order valence-electron chi connectivity index (χ1n) is 9.85. The van der Waals surface area contributed by atoms with E-state index in [-0.39, 0.29) is 24.3 Å². The summed E-state index contributed by atoms with van der Waals surface area (Å²) in [6.07, 6.45) is 3.00. The van der Waals surface area contributed by atoms with E-state index in [1.54, 1.807) is 11.0 Å². The first-order chi connectivity index (χ1) is 13.9. The normalized spacial score (nSPS) is 16.5. The summed E-state index contributed by atoms with van der Waals surface area (Å²) in [5.41, 5.74) is 6.65. The Morgan fingerprint density at radius 2 is 1.97 bits per heavy atom. The Balaban J connectivity index is 1.52. The monoisotopic (exact) mass is 397 g/mol. The molecule has 2 aromatic rings. The van der Waals surface area contributed by atoms with Gasteiger partial charge < -0.3 is 20.1 Å². The van der Waals surface area contributed by atoms with E-state index in [1.807, 2.05) is 24.3 Å². The maximum atomic E-state index is 12.6. The molecule has 2 amide bonds. The van der Waals surface area contributed by atoms with Crippen LogP contribution in [0.15, 0.2) is 42.6 Å². The number of piperidine rings is 1. The predicted molar refractivity (Wildman–Crippen MR) is 109 cm³/mol. The van der Waals surface area contributed by atoms with E-state index in [9.17, 15) is 9.59 Å². The van der Waals surface area contributed by atoms with Crippen molar-refractivity contribution in [1.82, 2.24) is 9.88 Å². The Labute approximate surface area is 170 Å². The lowest BCUT2D eigenvalue weighted by Crippen LogP contribution is -2.46. The average molecular weight is 397 g/mol. The van der Waals surface area contributed by atoms with E-state index in [2.05, 4.69) is 18.8 Å². The van der Waals surface area contributed by atoms with Crippen molar-refractivity contribution in [2.75, 3.05) is 19.7 Å². The fourth-order valence-electron chi connectivity index (χ4n) is 3.26. The molecular weight excluding hydrogens is 370 g/mol. The van der Waals surface area contributed by atoms with Crippen molar-refractivity contribution in [3.05, 3.63) is 53.9 Å². The molecule has 7 nitrogen and oxygen atoms in total. The lowest BCUT2D eigenvalue weighted by molar-refractivity contribution is -0.136. The number of pyridine rings is 1. The number of primary amides is 1. The summed E-state index contributed by atoms with van der Waals surface area (Å²) in [7, 11) is 0. The molecule has 0 spiro atoms. The van der Waals surface area contributed by atoms with Gasteiger partial charge in [-0.1, -0.05) is 26.0 Å². The van der Waals surface area contributed by atoms with Crippen LogP contribution in [0.1, 0.15) is 48.7 Å². The van der Waals surface area contributed by atoms with Crippen molar-refractivity contribution in [3.8, 4) is 11.5 Å². The zero-order valence-electron chi connectivity index (χ0n) is 16.8. The number of benzene rings is 1. The molecule has 1 aliphatic heterocycles. The molecule has 29 heavy (non-hydrogen) atoms. The Bertz CT molecular complexity index is 851. The van der Waals surface area contributed by atoms with Gasteiger partial charge in [-0.15, -0.1) is 0 Å². The third kappa shape index (κ3) is 5.70. The molecule has 0 aliphatic carbocycles. The van der Waals surface area contributed by atoms with Crippen LogP contribution in [0, 0.1) is 0 Å². The lowest BCUT2D eigenvalue weighted by Gasteiger charge is -2.32. The summed E-state index contributed by atoms with van der Waals surface area (Å²) in [5, 5.41) is 0. The molecule has 0 bridgehead atoms. The predicted octanol–water partition coefficient (Wildman–Crippen LogP) is 2.75. The third-order valence-electron chi connectivity index (χ3n) is 4.93.